The second-order valence-electron chi connectivity index (χ2n) is 6.23. The summed E-state index contributed by atoms with van der Waals surface area (Å²) in [5, 5.41) is 0. The van der Waals surface area contributed by atoms with Crippen LogP contribution in [0.5, 0.6) is 0 Å². The maximum Gasteiger partial charge on any atom is 0.0369 e. The van der Waals surface area contributed by atoms with Crippen LogP contribution in [-0.2, 0) is 0 Å². The molecule has 0 saturated carbocycles. The van der Waals surface area contributed by atoms with Crippen molar-refractivity contribution in [3.8, 4) is 0 Å². The van der Waals surface area contributed by atoms with Gasteiger partial charge in [-0.1, -0.05) is 6.07 Å². The summed E-state index contributed by atoms with van der Waals surface area (Å²) in [6, 6.07) is 7.76. The van der Waals surface area contributed by atoms with Crippen LogP contribution in [0.1, 0.15) is 36.8 Å². The monoisotopic (exact) mass is 258 g/mol. The zero-order chi connectivity index (χ0) is 13.2. The third-order valence-corrected chi connectivity index (χ3v) is 4.98. The van der Waals surface area contributed by atoms with Crippen LogP contribution in [0, 0.1) is 13.8 Å². The lowest BCUT2D eigenvalue weighted by Crippen LogP contribution is -2.43. The number of anilines is 1. The molecule has 104 valence electrons. The molecule has 2 saturated heterocycles. The van der Waals surface area contributed by atoms with Crippen LogP contribution in [0.2, 0.25) is 0 Å². The smallest absolute Gasteiger partial charge is 0.0369 e. The molecular formula is C17H26N2. The molecule has 0 N–H and O–H groups in total. The van der Waals surface area contributed by atoms with Crippen LogP contribution in [0.3, 0.4) is 0 Å². The SMILES string of the molecule is Cc1ccc(N2CCC(N3CCCC3)CC2)cc1C. The highest BCUT2D eigenvalue weighted by Crippen LogP contribution is 2.26. The summed E-state index contributed by atoms with van der Waals surface area (Å²) in [5.41, 5.74) is 4.23. The Morgan fingerprint density at radius 1 is 0.895 bits per heavy atom. The molecule has 0 aromatic heterocycles. The molecule has 1 aromatic rings. The molecule has 1 aromatic carbocycles. The highest BCUT2D eigenvalue weighted by atomic mass is 15.2. The first-order valence-electron chi connectivity index (χ1n) is 7.80. The third-order valence-electron chi connectivity index (χ3n) is 4.98. The molecule has 0 aliphatic carbocycles. The Morgan fingerprint density at radius 3 is 2.21 bits per heavy atom. The van der Waals surface area contributed by atoms with Gasteiger partial charge in [-0.15, -0.1) is 0 Å². The average molecular weight is 258 g/mol. The number of piperidine rings is 1. The van der Waals surface area contributed by atoms with Crippen LogP contribution in [0.15, 0.2) is 18.2 Å². The van der Waals surface area contributed by atoms with Crippen molar-refractivity contribution in [1.29, 1.82) is 0 Å². The second kappa shape index (κ2) is 5.54. The van der Waals surface area contributed by atoms with E-state index in [-0.39, 0.29) is 0 Å². The highest BCUT2D eigenvalue weighted by Gasteiger charge is 2.26. The number of nitrogens with zero attached hydrogens (tertiary/aromatic N) is 2. The molecule has 0 radical (unpaired) electrons. The van der Waals surface area contributed by atoms with E-state index in [1.165, 1.54) is 68.7 Å². The van der Waals surface area contributed by atoms with Crippen LogP contribution < -0.4 is 4.90 Å². The molecule has 0 bridgehead atoms. The summed E-state index contributed by atoms with van der Waals surface area (Å²) in [7, 11) is 0. The predicted octanol–water partition coefficient (Wildman–Crippen LogP) is 3.37. The molecule has 2 nitrogen and oxygen atoms in total. The molecule has 2 fully saturated rings. The van der Waals surface area contributed by atoms with Gasteiger partial charge in [0.15, 0.2) is 0 Å². The maximum atomic E-state index is 2.72. The predicted molar refractivity (Wildman–Crippen MR) is 82.0 cm³/mol. The lowest BCUT2D eigenvalue weighted by Gasteiger charge is -2.38. The van der Waals surface area contributed by atoms with Gasteiger partial charge in [-0.3, -0.25) is 0 Å². The topological polar surface area (TPSA) is 6.48 Å². The first-order valence-corrected chi connectivity index (χ1v) is 7.80. The lowest BCUT2D eigenvalue weighted by atomic mass is 10.0. The summed E-state index contributed by atoms with van der Waals surface area (Å²) in [6.45, 7) is 9.55. The maximum absolute atomic E-state index is 2.72. The van der Waals surface area contributed by atoms with E-state index >= 15 is 0 Å². The second-order valence-corrected chi connectivity index (χ2v) is 6.23. The zero-order valence-electron chi connectivity index (χ0n) is 12.4. The van der Waals surface area contributed by atoms with Gasteiger partial charge < -0.3 is 9.80 Å². The fraction of sp³-hybridized carbons (Fsp3) is 0.647. The number of hydrogen-bond donors (Lipinski definition) is 0. The number of rotatable bonds is 2. The van der Waals surface area contributed by atoms with Crippen LogP contribution in [0.4, 0.5) is 5.69 Å². The minimum Gasteiger partial charge on any atom is -0.371 e. The van der Waals surface area contributed by atoms with Gasteiger partial charge >= 0.3 is 0 Å². The minimum absolute atomic E-state index is 0.852. The molecule has 2 aliphatic rings. The fourth-order valence-corrected chi connectivity index (χ4v) is 3.52. The highest BCUT2D eigenvalue weighted by molar-refractivity contribution is 5.50. The van der Waals surface area contributed by atoms with E-state index in [0.29, 0.717) is 0 Å². The largest absolute Gasteiger partial charge is 0.371 e. The summed E-state index contributed by atoms with van der Waals surface area (Å²) in [5.74, 6) is 0. The first kappa shape index (κ1) is 13.0. The number of aryl methyl sites for hydroxylation is 2. The summed E-state index contributed by atoms with van der Waals surface area (Å²) in [6.07, 6.45) is 5.51. The van der Waals surface area contributed by atoms with Gasteiger partial charge in [0.25, 0.3) is 0 Å². The molecule has 0 amide bonds. The van der Waals surface area contributed by atoms with Crippen molar-refractivity contribution in [2.45, 2.75) is 45.6 Å². The number of benzene rings is 1. The van der Waals surface area contributed by atoms with Gasteiger partial charge in [-0.25, -0.2) is 0 Å². The Bertz CT molecular complexity index is 427. The Kier molecular flexibility index (Phi) is 3.79. The van der Waals surface area contributed by atoms with Crippen molar-refractivity contribution in [2.75, 3.05) is 31.1 Å². The van der Waals surface area contributed by atoms with Gasteiger partial charge in [0.1, 0.15) is 0 Å². The van der Waals surface area contributed by atoms with Gasteiger partial charge in [0, 0.05) is 24.8 Å². The summed E-state index contributed by atoms with van der Waals surface area (Å²) >= 11 is 0. The van der Waals surface area contributed by atoms with Crippen LogP contribution >= 0.6 is 0 Å². The number of likely N-dealkylation sites (tertiary alicyclic amines) is 1. The molecule has 3 rings (SSSR count). The molecule has 0 unspecified atom stereocenters. The summed E-state index contributed by atoms with van der Waals surface area (Å²) in [4.78, 5) is 5.29. The van der Waals surface area contributed by atoms with E-state index in [9.17, 15) is 0 Å². The van der Waals surface area contributed by atoms with E-state index in [1.807, 2.05) is 0 Å². The fourth-order valence-electron chi connectivity index (χ4n) is 3.52. The Hall–Kier alpha value is -1.02. The Balaban J connectivity index is 1.61. The van der Waals surface area contributed by atoms with Crippen LogP contribution in [-0.4, -0.2) is 37.1 Å². The van der Waals surface area contributed by atoms with Gasteiger partial charge in [-0.2, -0.15) is 0 Å². The van der Waals surface area contributed by atoms with Crippen molar-refractivity contribution in [3.05, 3.63) is 29.3 Å². The Labute approximate surface area is 117 Å². The quantitative estimate of drug-likeness (QED) is 0.802. The number of hydrogen-bond acceptors (Lipinski definition) is 2. The van der Waals surface area contributed by atoms with E-state index in [2.05, 4.69) is 41.8 Å². The molecule has 2 heterocycles. The summed E-state index contributed by atoms with van der Waals surface area (Å²) < 4.78 is 0. The normalized spacial score (nSPS) is 22.1. The molecule has 0 spiro atoms. The lowest BCUT2D eigenvalue weighted by molar-refractivity contribution is 0.208. The minimum atomic E-state index is 0.852. The van der Waals surface area contributed by atoms with Crippen molar-refractivity contribution in [2.24, 2.45) is 0 Å². The zero-order valence-corrected chi connectivity index (χ0v) is 12.4. The van der Waals surface area contributed by atoms with E-state index in [4.69, 9.17) is 0 Å². The first-order chi connectivity index (χ1) is 9.24. The van der Waals surface area contributed by atoms with E-state index in [1.54, 1.807) is 0 Å². The molecule has 0 atom stereocenters. The van der Waals surface area contributed by atoms with E-state index in [0.717, 1.165) is 6.04 Å². The average Bonchev–Trinajstić information content (AvgIpc) is 2.96. The third kappa shape index (κ3) is 2.79. The van der Waals surface area contributed by atoms with Crippen molar-refractivity contribution < 1.29 is 0 Å². The van der Waals surface area contributed by atoms with Gasteiger partial charge in [-0.05, 0) is 75.9 Å². The van der Waals surface area contributed by atoms with Gasteiger partial charge in [0.05, 0.1) is 0 Å². The molecule has 19 heavy (non-hydrogen) atoms. The molecular weight excluding hydrogens is 232 g/mol. The van der Waals surface area contributed by atoms with Gasteiger partial charge in [0.2, 0.25) is 0 Å². The van der Waals surface area contributed by atoms with E-state index < -0.39 is 0 Å². The van der Waals surface area contributed by atoms with Crippen LogP contribution in [0.25, 0.3) is 0 Å². The van der Waals surface area contributed by atoms with Crippen molar-refractivity contribution >= 4 is 5.69 Å². The Morgan fingerprint density at radius 2 is 1.58 bits per heavy atom. The van der Waals surface area contributed by atoms with Crippen molar-refractivity contribution in [3.63, 3.8) is 0 Å². The standard InChI is InChI=1S/C17H26N2/c1-14-5-6-17(13-15(14)2)19-11-7-16(8-12-19)18-9-3-4-10-18/h5-6,13,16H,3-4,7-12H2,1-2H3. The molecule has 2 heteroatoms. The van der Waals surface area contributed by atoms with Crippen molar-refractivity contribution in [1.82, 2.24) is 4.90 Å². The molecule has 2 aliphatic heterocycles.